The molecule has 0 bridgehead atoms. The molecule has 0 spiro atoms. The second-order valence-electron chi connectivity index (χ2n) is 6.18. The van der Waals surface area contributed by atoms with Gasteiger partial charge < -0.3 is 10.6 Å². The SMILES string of the molecule is Cc1sc(C(=O)N2CCCC[C@@H]2[C@@H](C)N)cc1CS(C)(=O)=O. The van der Waals surface area contributed by atoms with Crippen molar-refractivity contribution in [3.63, 3.8) is 0 Å². The normalized spacial score (nSPS) is 20.9. The van der Waals surface area contributed by atoms with E-state index in [1.165, 1.54) is 17.6 Å². The Bertz CT molecular complexity index is 650. The highest BCUT2D eigenvalue weighted by atomic mass is 32.2. The van der Waals surface area contributed by atoms with Gasteiger partial charge in [0.15, 0.2) is 9.84 Å². The number of piperidine rings is 1. The number of sulfone groups is 1. The summed E-state index contributed by atoms with van der Waals surface area (Å²) in [5.41, 5.74) is 6.75. The predicted molar refractivity (Wildman–Crippen MR) is 89.9 cm³/mol. The number of nitrogens with zero attached hydrogens (tertiary/aromatic N) is 1. The molecule has 1 fully saturated rings. The average Bonchev–Trinajstić information content (AvgIpc) is 2.77. The third-order valence-corrected chi connectivity index (χ3v) is 5.98. The summed E-state index contributed by atoms with van der Waals surface area (Å²) in [6.45, 7) is 4.52. The fourth-order valence-corrected chi connectivity index (χ4v) is 4.90. The van der Waals surface area contributed by atoms with Gasteiger partial charge >= 0.3 is 0 Å². The lowest BCUT2D eigenvalue weighted by Crippen LogP contribution is -2.51. The summed E-state index contributed by atoms with van der Waals surface area (Å²) >= 11 is 1.37. The highest BCUT2D eigenvalue weighted by molar-refractivity contribution is 7.89. The first-order chi connectivity index (χ1) is 10.2. The zero-order chi connectivity index (χ0) is 16.5. The Morgan fingerprint density at radius 2 is 2.18 bits per heavy atom. The third kappa shape index (κ3) is 4.08. The molecule has 2 rings (SSSR count). The van der Waals surface area contributed by atoms with E-state index in [-0.39, 0.29) is 23.7 Å². The van der Waals surface area contributed by atoms with E-state index in [1.807, 2.05) is 18.7 Å². The second kappa shape index (κ2) is 6.68. The first-order valence-corrected chi connectivity index (χ1v) is 10.4. The van der Waals surface area contributed by atoms with Crippen LogP contribution in [0, 0.1) is 6.92 Å². The van der Waals surface area contributed by atoms with E-state index >= 15 is 0 Å². The van der Waals surface area contributed by atoms with Crippen LogP contribution in [0.15, 0.2) is 6.07 Å². The van der Waals surface area contributed by atoms with Gasteiger partial charge in [-0.3, -0.25) is 4.79 Å². The molecule has 0 aliphatic carbocycles. The van der Waals surface area contributed by atoms with Crippen molar-refractivity contribution in [1.29, 1.82) is 0 Å². The van der Waals surface area contributed by atoms with Gasteiger partial charge in [-0.1, -0.05) is 0 Å². The number of carbonyl (C=O) groups excluding carboxylic acids is 1. The highest BCUT2D eigenvalue weighted by Crippen LogP contribution is 2.28. The Balaban J connectivity index is 2.23. The number of nitrogens with two attached hydrogens (primary N) is 1. The van der Waals surface area contributed by atoms with Crippen molar-refractivity contribution in [2.45, 2.75) is 50.9 Å². The molecule has 0 unspecified atom stereocenters. The standard InChI is InChI=1S/C15H24N2O3S2/c1-10(16)13-6-4-5-7-17(13)15(18)14-8-12(11(2)21-14)9-22(3,19)20/h8,10,13H,4-7,9,16H2,1-3H3/t10-,13-/m1/s1. The van der Waals surface area contributed by atoms with Crippen molar-refractivity contribution in [2.24, 2.45) is 5.73 Å². The number of carbonyl (C=O) groups is 1. The van der Waals surface area contributed by atoms with Crippen LogP contribution in [-0.2, 0) is 15.6 Å². The van der Waals surface area contributed by atoms with Gasteiger partial charge in [-0.15, -0.1) is 11.3 Å². The number of thiophene rings is 1. The summed E-state index contributed by atoms with van der Waals surface area (Å²) < 4.78 is 22.9. The van der Waals surface area contributed by atoms with E-state index in [9.17, 15) is 13.2 Å². The van der Waals surface area contributed by atoms with Crippen LogP contribution in [0.25, 0.3) is 0 Å². The first-order valence-electron chi connectivity index (χ1n) is 7.52. The van der Waals surface area contributed by atoms with E-state index in [2.05, 4.69) is 0 Å². The smallest absolute Gasteiger partial charge is 0.264 e. The van der Waals surface area contributed by atoms with Crippen molar-refractivity contribution in [1.82, 2.24) is 4.90 Å². The average molecular weight is 345 g/mol. The topological polar surface area (TPSA) is 80.5 Å². The van der Waals surface area contributed by atoms with E-state index in [0.29, 0.717) is 4.88 Å². The lowest BCUT2D eigenvalue weighted by Gasteiger charge is -2.37. The van der Waals surface area contributed by atoms with Gasteiger partial charge in [-0.25, -0.2) is 8.42 Å². The summed E-state index contributed by atoms with van der Waals surface area (Å²) in [6.07, 6.45) is 4.24. The molecule has 1 saturated heterocycles. The molecule has 1 amide bonds. The Kier molecular flexibility index (Phi) is 5.29. The molecule has 1 aromatic rings. The Morgan fingerprint density at radius 3 is 2.77 bits per heavy atom. The molecule has 2 heterocycles. The van der Waals surface area contributed by atoms with Crippen LogP contribution in [0.5, 0.6) is 0 Å². The van der Waals surface area contributed by atoms with Gasteiger partial charge in [0, 0.05) is 29.8 Å². The van der Waals surface area contributed by atoms with E-state index < -0.39 is 9.84 Å². The van der Waals surface area contributed by atoms with Gasteiger partial charge in [0.25, 0.3) is 5.91 Å². The van der Waals surface area contributed by atoms with E-state index in [4.69, 9.17) is 5.73 Å². The van der Waals surface area contributed by atoms with Gasteiger partial charge in [0.05, 0.1) is 10.6 Å². The van der Waals surface area contributed by atoms with Crippen LogP contribution < -0.4 is 5.73 Å². The van der Waals surface area contributed by atoms with E-state index in [0.717, 1.165) is 36.2 Å². The molecule has 1 aliphatic heterocycles. The van der Waals surface area contributed by atoms with E-state index in [1.54, 1.807) is 6.07 Å². The molecule has 0 saturated carbocycles. The van der Waals surface area contributed by atoms with Crippen molar-refractivity contribution in [3.8, 4) is 0 Å². The first kappa shape index (κ1) is 17.4. The molecule has 7 heteroatoms. The van der Waals surface area contributed by atoms with Gasteiger partial charge in [-0.05, 0) is 44.7 Å². The van der Waals surface area contributed by atoms with Crippen LogP contribution in [0.4, 0.5) is 0 Å². The maximum Gasteiger partial charge on any atom is 0.264 e. The molecule has 22 heavy (non-hydrogen) atoms. The van der Waals surface area contributed by atoms with Crippen molar-refractivity contribution in [2.75, 3.05) is 12.8 Å². The minimum absolute atomic E-state index is 0.0146. The summed E-state index contributed by atoms with van der Waals surface area (Å²) in [5, 5.41) is 0. The van der Waals surface area contributed by atoms with Gasteiger partial charge in [-0.2, -0.15) is 0 Å². The fourth-order valence-electron chi connectivity index (χ4n) is 2.95. The van der Waals surface area contributed by atoms with Gasteiger partial charge in [0.1, 0.15) is 0 Å². The van der Waals surface area contributed by atoms with Crippen LogP contribution in [0.1, 0.15) is 46.3 Å². The maximum absolute atomic E-state index is 12.8. The molecular formula is C15H24N2O3S2. The van der Waals surface area contributed by atoms with Crippen LogP contribution >= 0.6 is 11.3 Å². The summed E-state index contributed by atoms with van der Waals surface area (Å²) in [5.74, 6) is -0.0332. The molecule has 0 aromatic carbocycles. The molecule has 1 aliphatic rings. The van der Waals surface area contributed by atoms with Crippen molar-refractivity contribution in [3.05, 3.63) is 21.4 Å². The quantitative estimate of drug-likeness (QED) is 0.905. The van der Waals surface area contributed by atoms with Crippen LogP contribution in [0.2, 0.25) is 0 Å². The number of hydrogen-bond acceptors (Lipinski definition) is 5. The molecule has 2 atom stereocenters. The van der Waals surface area contributed by atoms with Crippen molar-refractivity contribution < 1.29 is 13.2 Å². The van der Waals surface area contributed by atoms with Gasteiger partial charge in [0.2, 0.25) is 0 Å². The third-order valence-electron chi connectivity index (χ3n) is 4.07. The minimum Gasteiger partial charge on any atom is -0.333 e. The molecule has 5 nitrogen and oxygen atoms in total. The highest BCUT2D eigenvalue weighted by Gasteiger charge is 2.31. The van der Waals surface area contributed by atoms with Crippen molar-refractivity contribution >= 4 is 27.1 Å². The second-order valence-corrected chi connectivity index (χ2v) is 9.58. The molecule has 2 N–H and O–H groups in total. The molecular weight excluding hydrogens is 320 g/mol. The lowest BCUT2D eigenvalue weighted by molar-refractivity contribution is 0.0589. The fraction of sp³-hybridized carbons (Fsp3) is 0.667. The van der Waals surface area contributed by atoms with Crippen LogP contribution in [-0.4, -0.2) is 44.1 Å². The Morgan fingerprint density at radius 1 is 1.50 bits per heavy atom. The molecule has 124 valence electrons. The minimum atomic E-state index is -3.10. The zero-order valence-corrected chi connectivity index (χ0v) is 15.0. The lowest BCUT2D eigenvalue weighted by atomic mass is 9.97. The summed E-state index contributed by atoms with van der Waals surface area (Å²) in [7, 11) is -3.10. The number of amides is 1. The number of hydrogen-bond donors (Lipinski definition) is 1. The molecule has 0 radical (unpaired) electrons. The Labute approximate surface area is 136 Å². The molecule has 1 aromatic heterocycles. The Hall–Kier alpha value is -0.920. The predicted octanol–water partition coefficient (Wildman–Crippen LogP) is 1.94. The number of aryl methyl sites for hydroxylation is 1. The zero-order valence-electron chi connectivity index (χ0n) is 13.3. The summed E-state index contributed by atoms with van der Waals surface area (Å²) in [4.78, 5) is 16.1. The maximum atomic E-state index is 12.8. The van der Waals surface area contributed by atoms with Crippen LogP contribution in [0.3, 0.4) is 0 Å². The number of rotatable bonds is 4. The largest absolute Gasteiger partial charge is 0.333 e. The number of likely N-dealkylation sites (tertiary alicyclic amines) is 1. The summed E-state index contributed by atoms with van der Waals surface area (Å²) in [6, 6.07) is 1.75. The monoisotopic (exact) mass is 344 g/mol.